The molecule has 2 aromatic carbocycles. The second-order valence-electron chi connectivity index (χ2n) is 4.51. The lowest BCUT2D eigenvalue weighted by Gasteiger charge is -2.18. The Morgan fingerprint density at radius 2 is 0.944 bits per heavy atom. The van der Waals surface area contributed by atoms with Gasteiger partial charge >= 0.3 is 0 Å². The van der Waals surface area contributed by atoms with E-state index in [2.05, 4.69) is 0 Å². The van der Waals surface area contributed by atoms with Crippen molar-refractivity contribution in [3.63, 3.8) is 0 Å². The highest BCUT2D eigenvalue weighted by atomic mass is 16.3. The highest BCUT2D eigenvalue weighted by Crippen LogP contribution is 2.10. The molecule has 0 bridgehead atoms. The Morgan fingerprint density at radius 3 is 1.28 bits per heavy atom. The first-order chi connectivity index (χ1) is 8.75. The monoisotopic (exact) mass is 242 g/mol. The fraction of sp³-hybridized carbons (Fsp3) is 0.250. The molecule has 2 atom stereocenters. The van der Waals surface area contributed by atoms with Gasteiger partial charge in [0.05, 0.1) is 12.2 Å². The third-order valence-corrected chi connectivity index (χ3v) is 3.02. The summed E-state index contributed by atoms with van der Waals surface area (Å²) in [5.74, 6) is 0. The van der Waals surface area contributed by atoms with Gasteiger partial charge in [-0.1, -0.05) is 60.7 Å². The molecule has 18 heavy (non-hydrogen) atoms. The van der Waals surface area contributed by atoms with Gasteiger partial charge in [-0.15, -0.1) is 0 Å². The van der Waals surface area contributed by atoms with Crippen molar-refractivity contribution in [1.82, 2.24) is 0 Å². The molecule has 94 valence electrons. The first-order valence-corrected chi connectivity index (χ1v) is 6.19. The van der Waals surface area contributed by atoms with Crippen LogP contribution in [0.3, 0.4) is 0 Å². The van der Waals surface area contributed by atoms with Crippen molar-refractivity contribution in [2.75, 3.05) is 0 Å². The minimum Gasteiger partial charge on any atom is -0.390 e. The minimum atomic E-state index is -0.729. The first kappa shape index (κ1) is 12.8. The molecule has 0 aliphatic carbocycles. The van der Waals surface area contributed by atoms with E-state index < -0.39 is 12.2 Å². The van der Waals surface area contributed by atoms with Gasteiger partial charge in [0.2, 0.25) is 0 Å². The van der Waals surface area contributed by atoms with Crippen LogP contribution >= 0.6 is 0 Å². The Balaban J connectivity index is 1.91. The Hall–Kier alpha value is -1.64. The molecular weight excluding hydrogens is 224 g/mol. The molecule has 0 amide bonds. The largest absolute Gasteiger partial charge is 0.390 e. The van der Waals surface area contributed by atoms with Crippen molar-refractivity contribution in [2.24, 2.45) is 0 Å². The van der Waals surface area contributed by atoms with Gasteiger partial charge in [-0.3, -0.25) is 0 Å². The molecule has 2 N–H and O–H groups in total. The average Bonchev–Trinajstić information content (AvgIpc) is 2.41. The normalized spacial score (nSPS) is 14.1. The predicted octanol–water partition coefficient (Wildman–Crippen LogP) is 2.19. The van der Waals surface area contributed by atoms with Gasteiger partial charge < -0.3 is 10.2 Å². The fourth-order valence-corrected chi connectivity index (χ4v) is 1.98. The lowest BCUT2D eigenvalue weighted by atomic mass is 9.99. The van der Waals surface area contributed by atoms with Crippen molar-refractivity contribution < 1.29 is 10.2 Å². The van der Waals surface area contributed by atoms with E-state index in [1.54, 1.807) is 0 Å². The van der Waals surface area contributed by atoms with Gasteiger partial charge in [-0.2, -0.15) is 0 Å². The van der Waals surface area contributed by atoms with E-state index in [1.165, 1.54) is 0 Å². The second kappa shape index (κ2) is 6.34. The lowest BCUT2D eigenvalue weighted by molar-refractivity contribution is 0.0206. The van der Waals surface area contributed by atoms with E-state index in [1.807, 2.05) is 60.7 Å². The summed E-state index contributed by atoms with van der Waals surface area (Å²) in [6.07, 6.45) is -0.496. The topological polar surface area (TPSA) is 40.5 Å². The van der Waals surface area contributed by atoms with E-state index in [0.717, 1.165) is 11.1 Å². The third kappa shape index (κ3) is 3.69. The van der Waals surface area contributed by atoms with Gasteiger partial charge in [0.25, 0.3) is 0 Å². The number of hydrogen-bond donors (Lipinski definition) is 2. The van der Waals surface area contributed by atoms with E-state index in [4.69, 9.17) is 0 Å². The number of aliphatic hydroxyl groups excluding tert-OH is 2. The summed E-state index contributed by atoms with van der Waals surface area (Å²) < 4.78 is 0. The van der Waals surface area contributed by atoms with Gasteiger partial charge in [0.1, 0.15) is 0 Å². The molecule has 0 spiro atoms. The van der Waals surface area contributed by atoms with E-state index in [-0.39, 0.29) is 0 Å². The zero-order valence-electron chi connectivity index (χ0n) is 10.2. The smallest absolute Gasteiger partial charge is 0.0842 e. The highest BCUT2D eigenvalue weighted by Gasteiger charge is 2.16. The Bertz CT molecular complexity index is 408. The fourth-order valence-electron chi connectivity index (χ4n) is 1.98. The van der Waals surface area contributed by atoms with Crippen molar-refractivity contribution in [2.45, 2.75) is 25.0 Å². The van der Waals surface area contributed by atoms with Crippen LogP contribution in [0.25, 0.3) is 0 Å². The maximum Gasteiger partial charge on any atom is 0.0842 e. The zero-order chi connectivity index (χ0) is 12.8. The molecule has 0 saturated heterocycles. The molecule has 0 aliphatic heterocycles. The van der Waals surface area contributed by atoms with Crippen molar-refractivity contribution in [3.8, 4) is 0 Å². The molecule has 0 heterocycles. The van der Waals surface area contributed by atoms with E-state index in [0.29, 0.717) is 12.8 Å². The van der Waals surface area contributed by atoms with Gasteiger partial charge in [-0.25, -0.2) is 0 Å². The first-order valence-electron chi connectivity index (χ1n) is 6.19. The molecule has 0 saturated carbocycles. The molecule has 0 radical (unpaired) electrons. The molecule has 0 aliphatic rings. The highest BCUT2D eigenvalue weighted by molar-refractivity contribution is 5.18. The molecule has 2 aromatic rings. The summed E-state index contributed by atoms with van der Waals surface area (Å²) in [5, 5.41) is 20.0. The predicted molar refractivity (Wildman–Crippen MR) is 72.3 cm³/mol. The number of hydrogen-bond acceptors (Lipinski definition) is 2. The van der Waals surface area contributed by atoms with Crippen molar-refractivity contribution >= 4 is 0 Å². The van der Waals surface area contributed by atoms with E-state index >= 15 is 0 Å². The molecular formula is C16H18O2. The van der Waals surface area contributed by atoms with Crippen molar-refractivity contribution in [1.29, 1.82) is 0 Å². The summed E-state index contributed by atoms with van der Waals surface area (Å²) >= 11 is 0. The standard InChI is InChI=1S/C16H18O2/c17-15(11-13-7-3-1-4-8-13)16(18)12-14-9-5-2-6-10-14/h1-10,15-18H,11-12H2/t15-,16-/m1/s1. The quantitative estimate of drug-likeness (QED) is 0.843. The van der Waals surface area contributed by atoms with Crippen molar-refractivity contribution in [3.05, 3.63) is 71.8 Å². The number of benzene rings is 2. The summed E-state index contributed by atoms with van der Waals surface area (Å²) in [7, 11) is 0. The summed E-state index contributed by atoms with van der Waals surface area (Å²) in [5.41, 5.74) is 2.08. The maximum atomic E-state index is 9.98. The number of rotatable bonds is 5. The summed E-state index contributed by atoms with van der Waals surface area (Å²) in [4.78, 5) is 0. The van der Waals surface area contributed by atoms with Gasteiger partial charge in [0.15, 0.2) is 0 Å². The Morgan fingerprint density at radius 1 is 0.611 bits per heavy atom. The summed E-state index contributed by atoms with van der Waals surface area (Å²) in [6, 6.07) is 19.5. The minimum absolute atomic E-state index is 0.481. The molecule has 2 nitrogen and oxygen atoms in total. The molecule has 2 heteroatoms. The van der Waals surface area contributed by atoms with Crippen LogP contribution in [0.5, 0.6) is 0 Å². The van der Waals surface area contributed by atoms with E-state index in [9.17, 15) is 10.2 Å². The average molecular weight is 242 g/mol. The number of aliphatic hydroxyl groups is 2. The van der Waals surface area contributed by atoms with Crippen LogP contribution in [0.2, 0.25) is 0 Å². The molecule has 0 fully saturated rings. The Labute approximate surface area is 108 Å². The van der Waals surface area contributed by atoms with Gasteiger partial charge in [-0.05, 0) is 11.1 Å². The molecule has 0 aromatic heterocycles. The SMILES string of the molecule is O[C@H](Cc1ccccc1)[C@H](O)Cc1ccccc1. The maximum absolute atomic E-state index is 9.98. The second-order valence-corrected chi connectivity index (χ2v) is 4.51. The third-order valence-electron chi connectivity index (χ3n) is 3.02. The van der Waals surface area contributed by atoms with Crippen LogP contribution in [-0.2, 0) is 12.8 Å². The lowest BCUT2D eigenvalue weighted by Crippen LogP contribution is -2.29. The van der Waals surface area contributed by atoms with Crippen LogP contribution in [0.4, 0.5) is 0 Å². The van der Waals surface area contributed by atoms with Gasteiger partial charge in [0, 0.05) is 12.8 Å². The summed E-state index contributed by atoms with van der Waals surface area (Å²) in [6.45, 7) is 0. The molecule has 2 rings (SSSR count). The van der Waals surface area contributed by atoms with Crippen LogP contribution in [0.15, 0.2) is 60.7 Å². The molecule has 0 unspecified atom stereocenters. The zero-order valence-corrected chi connectivity index (χ0v) is 10.2. The van der Waals surface area contributed by atoms with Crippen LogP contribution in [0, 0.1) is 0 Å². The van der Waals surface area contributed by atoms with Crippen LogP contribution in [0.1, 0.15) is 11.1 Å². The Kier molecular flexibility index (Phi) is 4.51. The van der Waals surface area contributed by atoms with Crippen LogP contribution < -0.4 is 0 Å². The van der Waals surface area contributed by atoms with Crippen LogP contribution in [-0.4, -0.2) is 22.4 Å².